The molecule has 1 saturated heterocycles. The number of epoxide rings is 1. The molecule has 2 fully saturated rings. The van der Waals surface area contributed by atoms with Gasteiger partial charge in [0.25, 0.3) is 0 Å². The average Bonchev–Trinajstić information content (AvgIpc) is 3.12. The van der Waals surface area contributed by atoms with Gasteiger partial charge in [-0.2, -0.15) is 0 Å². The summed E-state index contributed by atoms with van der Waals surface area (Å²) in [4.78, 5) is 0. The van der Waals surface area contributed by atoms with Crippen LogP contribution < -0.4 is 0 Å². The molecule has 1 aliphatic heterocycles. The number of rotatable bonds is 2. The standard InChI is InChI=1S/C14H16F2O/c15-12-5-11(6-13(16)7-12)9-1-3-10(4-2-9)14-8-17-14/h5-7,9-10,14H,1-4,8H2. The van der Waals surface area contributed by atoms with Crippen molar-refractivity contribution in [3.63, 3.8) is 0 Å². The summed E-state index contributed by atoms with van der Waals surface area (Å²) in [7, 11) is 0. The SMILES string of the molecule is Fc1cc(F)cc(C2CCC(C3CO3)CC2)c1. The number of halogens is 2. The molecule has 3 rings (SSSR count). The monoisotopic (exact) mass is 238 g/mol. The first-order valence-electron chi connectivity index (χ1n) is 6.30. The third-order valence-electron chi connectivity index (χ3n) is 4.01. The Balaban J connectivity index is 1.68. The fraction of sp³-hybridized carbons (Fsp3) is 0.571. The minimum atomic E-state index is -0.465. The van der Waals surface area contributed by atoms with Gasteiger partial charge in [0.1, 0.15) is 11.6 Å². The number of hydrogen-bond donors (Lipinski definition) is 0. The lowest BCUT2D eigenvalue weighted by Crippen LogP contribution is -2.17. The molecule has 0 N–H and O–H groups in total. The molecule has 2 aliphatic rings. The molecular formula is C14H16F2O. The number of benzene rings is 1. The molecule has 92 valence electrons. The predicted octanol–water partition coefficient (Wildman–Crippen LogP) is 3.64. The second-order valence-corrected chi connectivity index (χ2v) is 5.19. The minimum Gasteiger partial charge on any atom is -0.373 e. The van der Waals surface area contributed by atoms with E-state index < -0.39 is 11.6 Å². The Hall–Kier alpha value is -0.960. The molecule has 1 aromatic carbocycles. The van der Waals surface area contributed by atoms with Gasteiger partial charge in [0, 0.05) is 6.07 Å². The van der Waals surface area contributed by atoms with E-state index >= 15 is 0 Å². The normalized spacial score (nSPS) is 32.5. The van der Waals surface area contributed by atoms with Gasteiger partial charge in [-0.15, -0.1) is 0 Å². The van der Waals surface area contributed by atoms with Crippen LogP contribution in [0.5, 0.6) is 0 Å². The van der Waals surface area contributed by atoms with E-state index in [-0.39, 0.29) is 0 Å². The Morgan fingerprint density at radius 1 is 0.941 bits per heavy atom. The van der Waals surface area contributed by atoms with Crippen LogP contribution in [-0.2, 0) is 4.74 Å². The van der Waals surface area contributed by atoms with E-state index in [2.05, 4.69) is 0 Å². The highest BCUT2D eigenvalue weighted by atomic mass is 19.1. The minimum absolute atomic E-state index is 0.315. The predicted molar refractivity (Wildman–Crippen MR) is 60.8 cm³/mol. The summed E-state index contributed by atoms with van der Waals surface area (Å²) in [5.74, 6) is 0.0557. The lowest BCUT2D eigenvalue weighted by molar-refractivity contribution is 0.251. The number of hydrogen-bond acceptors (Lipinski definition) is 1. The molecule has 0 aromatic heterocycles. The van der Waals surface area contributed by atoms with Crippen LogP contribution in [0, 0.1) is 17.6 Å². The highest BCUT2D eigenvalue weighted by molar-refractivity contribution is 5.22. The Labute approximate surface area is 99.8 Å². The smallest absolute Gasteiger partial charge is 0.126 e. The molecule has 1 nitrogen and oxygen atoms in total. The van der Waals surface area contributed by atoms with Crippen LogP contribution in [0.3, 0.4) is 0 Å². The van der Waals surface area contributed by atoms with Crippen molar-refractivity contribution in [2.75, 3.05) is 6.61 Å². The molecule has 1 saturated carbocycles. The van der Waals surface area contributed by atoms with E-state index in [1.807, 2.05) is 0 Å². The van der Waals surface area contributed by atoms with Crippen molar-refractivity contribution in [3.8, 4) is 0 Å². The average molecular weight is 238 g/mol. The highest BCUT2D eigenvalue weighted by Gasteiger charge is 2.35. The second kappa shape index (κ2) is 4.37. The van der Waals surface area contributed by atoms with E-state index in [1.165, 1.54) is 12.1 Å². The summed E-state index contributed by atoms with van der Waals surface area (Å²) in [6.07, 6.45) is 4.75. The molecule has 17 heavy (non-hydrogen) atoms. The summed E-state index contributed by atoms with van der Waals surface area (Å²) in [6, 6.07) is 3.89. The summed E-state index contributed by atoms with van der Waals surface area (Å²) in [5, 5.41) is 0. The van der Waals surface area contributed by atoms with E-state index in [9.17, 15) is 8.78 Å². The van der Waals surface area contributed by atoms with Gasteiger partial charge in [0.15, 0.2) is 0 Å². The molecule has 0 amide bonds. The Morgan fingerprint density at radius 2 is 1.53 bits per heavy atom. The van der Waals surface area contributed by atoms with Gasteiger partial charge >= 0.3 is 0 Å². The first kappa shape index (κ1) is 11.1. The first-order valence-corrected chi connectivity index (χ1v) is 6.30. The van der Waals surface area contributed by atoms with E-state index in [1.54, 1.807) is 0 Å². The highest BCUT2D eigenvalue weighted by Crippen LogP contribution is 2.40. The lowest BCUT2D eigenvalue weighted by Gasteiger charge is -2.27. The van der Waals surface area contributed by atoms with E-state index in [0.29, 0.717) is 17.9 Å². The van der Waals surface area contributed by atoms with Gasteiger partial charge in [0.2, 0.25) is 0 Å². The third-order valence-corrected chi connectivity index (χ3v) is 4.01. The van der Waals surface area contributed by atoms with Crippen LogP contribution in [0.15, 0.2) is 18.2 Å². The van der Waals surface area contributed by atoms with Crippen LogP contribution in [0.25, 0.3) is 0 Å². The summed E-state index contributed by atoms with van der Waals surface area (Å²) in [5.41, 5.74) is 0.817. The van der Waals surface area contributed by atoms with Crippen molar-refractivity contribution in [2.45, 2.75) is 37.7 Å². The van der Waals surface area contributed by atoms with Crippen molar-refractivity contribution >= 4 is 0 Å². The van der Waals surface area contributed by atoms with Gasteiger partial charge in [-0.25, -0.2) is 8.78 Å². The Morgan fingerprint density at radius 3 is 2.06 bits per heavy atom. The summed E-state index contributed by atoms with van der Waals surface area (Å²) >= 11 is 0. The van der Waals surface area contributed by atoms with Crippen molar-refractivity contribution in [1.29, 1.82) is 0 Å². The Kier molecular flexibility index (Phi) is 2.87. The maximum Gasteiger partial charge on any atom is 0.126 e. The molecule has 0 bridgehead atoms. The third kappa shape index (κ3) is 2.49. The van der Waals surface area contributed by atoms with Crippen molar-refractivity contribution < 1.29 is 13.5 Å². The molecular weight excluding hydrogens is 222 g/mol. The largest absolute Gasteiger partial charge is 0.373 e. The maximum absolute atomic E-state index is 13.1. The molecule has 0 radical (unpaired) electrons. The molecule has 1 heterocycles. The fourth-order valence-corrected chi connectivity index (χ4v) is 2.96. The van der Waals surface area contributed by atoms with Crippen LogP contribution in [0.2, 0.25) is 0 Å². The molecule has 1 aliphatic carbocycles. The van der Waals surface area contributed by atoms with Crippen LogP contribution in [0.1, 0.15) is 37.2 Å². The molecule has 3 heteroatoms. The molecule has 1 aromatic rings. The maximum atomic E-state index is 13.1. The van der Waals surface area contributed by atoms with Crippen molar-refractivity contribution in [3.05, 3.63) is 35.4 Å². The first-order chi connectivity index (χ1) is 8.22. The van der Waals surface area contributed by atoms with Gasteiger partial charge in [0.05, 0.1) is 12.7 Å². The molecule has 0 spiro atoms. The van der Waals surface area contributed by atoms with Gasteiger partial charge < -0.3 is 4.74 Å². The van der Waals surface area contributed by atoms with E-state index in [0.717, 1.165) is 43.9 Å². The summed E-state index contributed by atoms with van der Waals surface area (Å²) < 4.78 is 31.6. The fourth-order valence-electron chi connectivity index (χ4n) is 2.96. The lowest BCUT2D eigenvalue weighted by atomic mass is 9.77. The van der Waals surface area contributed by atoms with Gasteiger partial charge in [-0.1, -0.05) is 0 Å². The van der Waals surface area contributed by atoms with Gasteiger partial charge in [-0.3, -0.25) is 0 Å². The van der Waals surface area contributed by atoms with Crippen LogP contribution >= 0.6 is 0 Å². The quantitative estimate of drug-likeness (QED) is 0.717. The Bertz CT molecular complexity index is 386. The summed E-state index contributed by atoms with van der Waals surface area (Å²) in [6.45, 7) is 0.907. The van der Waals surface area contributed by atoms with Crippen molar-refractivity contribution in [1.82, 2.24) is 0 Å². The van der Waals surface area contributed by atoms with Gasteiger partial charge in [-0.05, 0) is 55.2 Å². The zero-order valence-corrected chi connectivity index (χ0v) is 9.66. The zero-order chi connectivity index (χ0) is 11.8. The van der Waals surface area contributed by atoms with Crippen LogP contribution in [0.4, 0.5) is 8.78 Å². The topological polar surface area (TPSA) is 12.5 Å². The van der Waals surface area contributed by atoms with Crippen LogP contribution in [-0.4, -0.2) is 12.7 Å². The number of ether oxygens (including phenoxy) is 1. The second-order valence-electron chi connectivity index (χ2n) is 5.19. The van der Waals surface area contributed by atoms with Crippen molar-refractivity contribution in [2.24, 2.45) is 5.92 Å². The molecule has 1 atom stereocenters. The molecule has 1 unspecified atom stereocenters. The van der Waals surface area contributed by atoms with E-state index in [4.69, 9.17) is 4.74 Å². The zero-order valence-electron chi connectivity index (χ0n) is 9.66.